The van der Waals surface area contributed by atoms with Gasteiger partial charge in [-0.05, 0) is 19.9 Å². The van der Waals surface area contributed by atoms with Crippen LogP contribution >= 0.6 is 0 Å². The van der Waals surface area contributed by atoms with E-state index in [1.54, 1.807) is 4.90 Å². The molecule has 0 atom stereocenters. The molecule has 0 saturated heterocycles. The van der Waals surface area contributed by atoms with Crippen molar-refractivity contribution in [2.75, 3.05) is 19.6 Å². The highest BCUT2D eigenvalue weighted by atomic mass is 16.2. The number of H-pyrrole nitrogens is 1. The summed E-state index contributed by atoms with van der Waals surface area (Å²) in [6.45, 7) is 5.40. The molecule has 6 heteroatoms. The number of carbonyl (C=O) groups is 2. The molecule has 19 heavy (non-hydrogen) atoms. The minimum Gasteiger partial charge on any atom is -0.350 e. The van der Waals surface area contributed by atoms with Gasteiger partial charge in [0.2, 0.25) is 11.5 Å². The molecule has 0 aliphatic heterocycles. The number of aromatic amines is 1. The summed E-state index contributed by atoms with van der Waals surface area (Å²) < 4.78 is 0. The number of nitrogens with zero attached hydrogens (tertiary/aromatic N) is 1. The van der Waals surface area contributed by atoms with E-state index < -0.39 is 0 Å². The van der Waals surface area contributed by atoms with Gasteiger partial charge >= 0.3 is 0 Å². The Morgan fingerprint density at radius 2 is 1.95 bits per heavy atom. The lowest BCUT2D eigenvalue weighted by atomic mass is 10.3. The van der Waals surface area contributed by atoms with Gasteiger partial charge in [-0.1, -0.05) is 6.07 Å². The zero-order chi connectivity index (χ0) is 14.3. The summed E-state index contributed by atoms with van der Waals surface area (Å²) in [5.41, 5.74) is -0.130. The zero-order valence-electron chi connectivity index (χ0n) is 11.2. The van der Waals surface area contributed by atoms with Crippen molar-refractivity contribution in [3.05, 3.63) is 34.2 Å². The maximum absolute atomic E-state index is 11.7. The maximum Gasteiger partial charge on any atom is 0.267 e. The number of amides is 2. The molecule has 0 bridgehead atoms. The molecule has 1 aromatic heterocycles. The van der Waals surface area contributed by atoms with Crippen molar-refractivity contribution in [3.63, 3.8) is 0 Å². The van der Waals surface area contributed by atoms with Gasteiger partial charge < -0.3 is 15.2 Å². The number of hydrogen-bond donors (Lipinski definition) is 2. The van der Waals surface area contributed by atoms with Crippen LogP contribution in [0.1, 0.15) is 30.8 Å². The number of pyridine rings is 1. The third-order valence-corrected chi connectivity index (χ3v) is 2.75. The topological polar surface area (TPSA) is 82.3 Å². The van der Waals surface area contributed by atoms with Crippen molar-refractivity contribution in [2.45, 2.75) is 20.3 Å². The zero-order valence-corrected chi connectivity index (χ0v) is 11.2. The minimum absolute atomic E-state index is 0.00635. The molecule has 1 heterocycles. The molecule has 0 spiro atoms. The van der Waals surface area contributed by atoms with Gasteiger partial charge in [-0.25, -0.2) is 0 Å². The van der Waals surface area contributed by atoms with Gasteiger partial charge in [0.05, 0.1) is 0 Å². The van der Waals surface area contributed by atoms with Crippen LogP contribution in [-0.2, 0) is 4.79 Å². The van der Waals surface area contributed by atoms with Gasteiger partial charge in [-0.2, -0.15) is 0 Å². The van der Waals surface area contributed by atoms with Crippen LogP contribution in [0.3, 0.4) is 0 Å². The van der Waals surface area contributed by atoms with E-state index in [1.807, 2.05) is 13.8 Å². The van der Waals surface area contributed by atoms with E-state index in [9.17, 15) is 14.4 Å². The summed E-state index contributed by atoms with van der Waals surface area (Å²) in [6, 6.07) is 4.36. The van der Waals surface area contributed by atoms with Crippen LogP contribution in [-0.4, -0.2) is 41.3 Å². The van der Waals surface area contributed by atoms with Gasteiger partial charge in [0.15, 0.2) is 0 Å². The second kappa shape index (κ2) is 7.35. The molecule has 104 valence electrons. The fourth-order valence-corrected chi connectivity index (χ4v) is 1.69. The molecule has 0 aliphatic rings. The second-order valence-electron chi connectivity index (χ2n) is 4.00. The Hall–Kier alpha value is -2.11. The second-order valence-corrected chi connectivity index (χ2v) is 4.00. The van der Waals surface area contributed by atoms with Crippen LogP contribution in [0.2, 0.25) is 0 Å². The molecule has 0 radical (unpaired) electrons. The largest absolute Gasteiger partial charge is 0.350 e. The average molecular weight is 265 g/mol. The average Bonchev–Trinajstić information content (AvgIpc) is 2.40. The highest BCUT2D eigenvalue weighted by Gasteiger charge is 2.10. The first-order valence-corrected chi connectivity index (χ1v) is 6.33. The molecule has 0 aromatic carbocycles. The Balaban J connectivity index is 2.43. The first kappa shape index (κ1) is 14.9. The van der Waals surface area contributed by atoms with E-state index in [0.717, 1.165) is 0 Å². The molecule has 2 amide bonds. The number of aromatic nitrogens is 1. The van der Waals surface area contributed by atoms with E-state index in [-0.39, 0.29) is 36.0 Å². The van der Waals surface area contributed by atoms with Crippen molar-refractivity contribution < 1.29 is 9.59 Å². The standard InChI is InChI=1S/C13H19N3O3/c1-3-16(4-2)12(18)8-9-14-13(19)10-6-5-7-11(17)15-10/h5-7H,3-4,8-9H2,1-2H3,(H,14,19)(H,15,17). The van der Waals surface area contributed by atoms with E-state index in [0.29, 0.717) is 13.1 Å². The SMILES string of the molecule is CCN(CC)C(=O)CCNC(=O)c1cccc(=O)[nH]1. The van der Waals surface area contributed by atoms with Crippen LogP contribution in [0.4, 0.5) is 0 Å². The molecule has 1 aromatic rings. The third-order valence-electron chi connectivity index (χ3n) is 2.75. The van der Waals surface area contributed by atoms with Gasteiger partial charge in [0, 0.05) is 32.1 Å². The number of hydrogen-bond acceptors (Lipinski definition) is 3. The van der Waals surface area contributed by atoms with Crippen molar-refractivity contribution >= 4 is 11.8 Å². The highest BCUT2D eigenvalue weighted by Crippen LogP contribution is 1.94. The number of rotatable bonds is 6. The van der Waals surface area contributed by atoms with Gasteiger partial charge in [0.25, 0.3) is 5.91 Å². The Labute approximate surface area is 111 Å². The summed E-state index contributed by atoms with van der Waals surface area (Å²) in [7, 11) is 0. The predicted octanol–water partition coefficient (Wildman–Crippen LogP) is 0.363. The van der Waals surface area contributed by atoms with Crippen molar-refractivity contribution in [2.24, 2.45) is 0 Å². The molecule has 0 saturated carbocycles. The third kappa shape index (κ3) is 4.57. The molecular formula is C13H19N3O3. The summed E-state index contributed by atoms with van der Waals surface area (Å²) in [5, 5.41) is 2.60. The Morgan fingerprint density at radius 1 is 1.26 bits per heavy atom. The summed E-state index contributed by atoms with van der Waals surface area (Å²) in [6.07, 6.45) is 0.254. The quantitative estimate of drug-likeness (QED) is 0.779. The van der Waals surface area contributed by atoms with Crippen LogP contribution in [0.5, 0.6) is 0 Å². The van der Waals surface area contributed by atoms with Crippen LogP contribution in [0.15, 0.2) is 23.0 Å². The number of nitrogens with one attached hydrogen (secondary N) is 2. The van der Waals surface area contributed by atoms with E-state index >= 15 is 0 Å². The molecule has 0 unspecified atom stereocenters. The molecule has 0 aliphatic carbocycles. The van der Waals surface area contributed by atoms with Crippen molar-refractivity contribution in [3.8, 4) is 0 Å². The van der Waals surface area contributed by atoms with Crippen LogP contribution in [0.25, 0.3) is 0 Å². The minimum atomic E-state index is -0.384. The molecule has 1 rings (SSSR count). The summed E-state index contributed by atoms with van der Waals surface area (Å²) >= 11 is 0. The Morgan fingerprint density at radius 3 is 2.53 bits per heavy atom. The monoisotopic (exact) mass is 265 g/mol. The van der Waals surface area contributed by atoms with E-state index in [1.165, 1.54) is 18.2 Å². The van der Waals surface area contributed by atoms with Crippen molar-refractivity contribution in [1.29, 1.82) is 0 Å². The molecule has 2 N–H and O–H groups in total. The predicted molar refractivity (Wildman–Crippen MR) is 71.9 cm³/mol. The van der Waals surface area contributed by atoms with Crippen LogP contribution < -0.4 is 10.9 Å². The summed E-state index contributed by atoms with van der Waals surface area (Å²) in [5.74, 6) is -0.378. The highest BCUT2D eigenvalue weighted by molar-refractivity contribution is 5.92. The molecule has 0 fully saturated rings. The lowest BCUT2D eigenvalue weighted by molar-refractivity contribution is -0.130. The van der Waals surface area contributed by atoms with Crippen molar-refractivity contribution in [1.82, 2.24) is 15.2 Å². The van der Waals surface area contributed by atoms with Gasteiger partial charge in [-0.15, -0.1) is 0 Å². The number of carbonyl (C=O) groups excluding carboxylic acids is 2. The molecular weight excluding hydrogens is 246 g/mol. The Kier molecular flexibility index (Phi) is 5.78. The maximum atomic E-state index is 11.7. The lowest BCUT2D eigenvalue weighted by Gasteiger charge is -2.18. The van der Waals surface area contributed by atoms with Crippen LogP contribution in [0, 0.1) is 0 Å². The van der Waals surface area contributed by atoms with Gasteiger partial charge in [0.1, 0.15) is 5.69 Å². The fourth-order valence-electron chi connectivity index (χ4n) is 1.69. The van der Waals surface area contributed by atoms with Gasteiger partial charge in [-0.3, -0.25) is 14.4 Å². The fraction of sp³-hybridized carbons (Fsp3) is 0.462. The Bertz CT molecular complexity index is 492. The normalized spacial score (nSPS) is 10.0. The summed E-state index contributed by atoms with van der Waals surface area (Å²) in [4.78, 5) is 38.6. The first-order valence-electron chi connectivity index (χ1n) is 6.33. The smallest absolute Gasteiger partial charge is 0.267 e. The lowest BCUT2D eigenvalue weighted by Crippen LogP contribution is -2.34. The van der Waals surface area contributed by atoms with E-state index in [4.69, 9.17) is 0 Å². The van der Waals surface area contributed by atoms with E-state index in [2.05, 4.69) is 10.3 Å². The first-order chi connectivity index (χ1) is 9.08. The molecule has 6 nitrogen and oxygen atoms in total.